The largest absolute Gasteiger partial charge is 0.456 e. The zero-order chi connectivity index (χ0) is 48.2. The topological polar surface area (TPSA) is 30.1 Å². The van der Waals surface area contributed by atoms with Gasteiger partial charge in [-0.3, -0.25) is 0 Å². The molecule has 70 heavy (non-hydrogen) atoms. The first-order chi connectivity index (χ1) is 33.3. The molecule has 343 valence electrons. The van der Waals surface area contributed by atoms with E-state index in [0.29, 0.717) is 0 Å². The average molecular weight is 908 g/mol. The molecule has 4 aliphatic rings. The Morgan fingerprint density at radius 1 is 0.529 bits per heavy atom. The third kappa shape index (κ3) is 5.54. The van der Waals surface area contributed by atoms with Gasteiger partial charge in [-0.1, -0.05) is 167 Å². The minimum Gasteiger partial charge on any atom is -0.456 e. The smallest absolute Gasteiger partial charge is 0.197 e. The van der Waals surface area contributed by atoms with Crippen LogP contribution in [0.25, 0.3) is 82.8 Å². The van der Waals surface area contributed by atoms with Crippen LogP contribution in [-0.2, 0) is 27.1 Å². The van der Waals surface area contributed by atoms with Crippen molar-refractivity contribution in [3.63, 3.8) is 0 Å². The highest BCUT2D eigenvalue weighted by molar-refractivity contribution is 6.73. The number of hydrogen-bond donors (Lipinski definition) is 1. The first-order valence-electron chi connectivity index (χ1n) is 25.6. The van der Waals surface area contributed by atoms with Gasteiger partial charge in [-0.25, -0.2) is 0 Å². The molecule has 0 bridgehead atoms. The summed E-state index contributed by atoms with van der Waals surface area (Å²) in [7, 11) is 2.51. The molecule has 2 aromatic heterocycles. The van der Waals surface area contributed by atoms with Crippen LogP contribution in [-0.4, -0.2) is 11.8 Å². The van der Waals surface area contributed by atoms with Crippen molar-refractivity contribution < 1.29 is 4.42 Å². The summed E-state index contributed by atoms with van der Waals surface area (Å²) >= 11 is 0. The lowest BCUT2D eigenvalue weighted by molar-refractivity contribution is 0.332. The number of anilines is 2. The summed E-state index contributed by atoms with van der Waals surface area (Å²) in [5.74, 6) is 0. The molecule has 0 atom stereocenters. The van der Waals surface area contributed by atoms with E-state index in [0.717, 1.165) is 46.3 Å². The molecule has 3 aliphatic carbocycles. The van der Waals surface area contributed by atoms with Crippen molar-refractivity contribution >= 4 is 73.3 Å². The highest BCUT2D eigenvalue weighted by Crippen LogP contribution is 2.55. The SMILES string of the molecule is CC(C)(C)c1ccc(Nc2cc3c(cc2-c2ccc4c5c6c(ccc5n5c4c2[B]c2cc4c(cc2-5)-c2ccccc2C4(C)C)C(C)(C)c2ccccc2-6)oc2cc4c(cc23)C(C)(C)CCC4(C)C)cc1. The minimum atomic E-state index is -0.131. The van der Waals surface area contributed by atoms with Crippen LogP contribution in [0.3, 0.4) is 0 Å². The summed E-state index contributed by atoms with van der Waals surface area (Å²) in [6, 6.07) is 51.4. The van der Waals surface area contributed by atoms with Crippen LogP contribution in [0.15, 0.2) is 138 Å². The monoisotopic (exact) mass is 907 g/mol. The molecule has 3 nitrogen and oxygen atoms in total. The second-order valence-corrected chi connectivity index (χ2v) is 24.7. The van der Waals surface area contributed by atoms with Crippen LogP contribution in [0.4, 0.5) is 11.4 Å². The molecule has 1 aliphatic heterocycles. The number of fused-ring (bicyclic) bond motifs is 16. The van der Waals surface area contributed by atoms with Crippen molar-refractivity contribution in [1.29, 1.82) is 0 Å². The summed E-state index contributed by atoms with van der Waals surface area (Å²) in [6.45, 7) is 26.1. The van der Waals surface area contributed by atoms with Gasteiger partial charge in [0, 0.05) is 60.5 Å². The van der Waals surface area contributed by atoms with Gasteiger partial charge in [-0.2, -0.15) is 0 Å². The molecular weight excluding hydrogens is 848 g/mol. The van der Waals surface area contributed by atoms with Gasteiger partial charge >= 0.3 is 0 Å². The van der Waals surface area contributed by atoms with Crippen molar-refractivity contribution in [1.82, 2.24) is 4.57 Å². The fraction of sp³-hybridized carbons (Fsp3) is 0.273. The third-order valence-electron chi connectivity index (χ3n) is 17.9. The number of nitrogens with zero attached hydrogens (tertiary/aromatic N) is 1. The third-order valence-corrected chi connectivity index (χ3v) is 17.9. The lowest BCUT2D eigenvalue weighted by atomic mass is 9.58. The Morgan fingerprint density at radius 3 is 1.90 bits per heavy atom. The summed E-state index contributed by atoms with van der Waals surface area (Å²) in [4.78, 5) is 0. The standard InChI is InChI=1S/C66H60BN2O/c1-62(2,3)36-20-22-37(23-21-36)68-53-31-45-44-30-50-51(64(6,7)29-28-63(50,4)5)35-57(44)70-56(45)33-43(53)39-24-25-41-59-54(27-26-48-58(59)40-17-13-15-19-47(40)65(48,8)9)69-55-32-42-38-16-12-14-18-46(38)66(10,11)49(42)34-52(55)67-60(39)61(41)69/h12-27,30-35,68H,28-29H2,1-11H3. The molecule has 1 N–H and O–H groups in total. The Balaban J connectivity index is 1.07. The number of hydrogen-bond acceptors (Lipinski definition) is 2. The van der Waals surface area contributed by atoms with E-state index >= 15 is 0 Å². The molecule has 0 amide bonds. The van der Waals surface area contributed by atoms with Crippen LogP contribution >= 0.6 is 0 Å². The Kier molecular flexibility index (Phi) is 8.15. The normalized spacial score (nSPS) is 17.2. The molecule has 4 heteroatoms. The van der Waals surface area contributed by atoms with Gasteiger partial charge in [0.1, 0.15) is 11.2 Å². The quantitative estimate of drug-likeness (QED) is 0.179. The molecule has 3 heterocycles. The molecule has 1 radical (unpaired) electrons. The van der Waals surface area contributed by atoms with Gasteiger partial charge in [-0.15, -0.1) is 0 Å². The van der Waals surface area contributed by atoms with Crippen LogP contribution in [0.1, 0.15) is 128 Å². The minimum absolute atomic E-state index is 0.0541. The maximum absolute atomic E-state index is 7.07. The van der Waals surface area contributed by atoms with Crippen molar-refractivity contribution in [2.75, 3.05) is 5.32 Å². The highest BCUT2D eigenvalue weighted by atomic mass is 16.3. The van der Waals surface area contributed by atoms with E-state index in [1.165, 1.54) is 111 Å². The summed E-state index contributed by atoms with van der Waals surface area (Å²) in [6.07, 6.45) is 2.32. The zero-order valence-electron chi connectivity index (χ0n) is 42.5. The fourth-order valence-electron chi connectivity index (χ4n) is 13.7. The molecule has 0 saturated heterocycles. The predicted octanol–water partition coefficient (Wildman–Crippen LogP) is 16.3. The Labute approximate surface area is 413 Å². The molecule has 0 unspecified atom stereocenters. The van der Waals surface area contributed by atoms with E-state index in [2.05, 4.69) is 227 Å². The van der Waals surface area contributed by atoms with Crippen molar-refractivity contribution in [3.05, 3.63) is 172 Å². The lowest BCUT2D eigenvalue weighted by Crippen LogP contribution is -2.38. The molecule has 0 saturated carbocycles. The number of aromatic nitrogens is 1. The van der Waals surface area contributed by atoms with E-state index in [4.69, 9.17) is 4.42 Å². The van der Waals surface area contributed by atoms with Crippen molar-refractivity contribution in [2.24, 2.45) is 0 Å². The van der Waals surface area contributed by atoms with Crippen LogP contribution in [0.5, 0.6) is 0 Å². The first-order valence-corrected chi connectivity index (χ1v) is 25.6. The molecule has 8 aromatic carbocycles. The van der Waals surface area contributed by atoms with Gasteiger partial charge in [0.05, 0.1) is 5.52 Å². The number of rotatable bonds is 3. The maximum atomic E-state index is 7.07. The second-order valence-electron chi connectivity index (χ2n) is 24.7. The van der Waals surface area contributed by atoms with Gasteiger partial charge in [0.15, 0.2) is 7.28 Å². The fourth-order valence-corrected chi connectivity index (χ4v) is 13.7. The molecule has 0 fully saturated rings. The van der Waals surface area contributed by atoms with Gasteiger partial charge in [-0.05, 0) is 150 Å². The van der Waals surface area contributed by atoms with Crippen LogP contribution < -0.4 is 16.2 Å². The number of nitrogens with one attached hydrogen (secondary N) is 1. The van der Waals surface area contributed by atoms with E-state index in [9.17, 15) is 0 Å². The van der Waals surface area contributed by atoms with Gasteiger partial charge in [0.2, 0.25) is 0 Å². The first kappa shape index (κ1) is 42.1. The van der Waals surface area contributed by atoms with E-state index < -0.39 is 0 Å². The van der Waals surface area contributed by atoms with Crippen molar-refractivity contribution in [2.45, 2.75) is 116 Å². The van der Waals surface area contributed by atoms with Crippen LogP contribution in [0.2, 0.25) is 0 Å². The van der Waals surface area contributed by atoms with E-state index in [1.54, 1.807) is 0 Å². The Hall–Kier alpha value is -6.78. The molecule has 14 rings (SSSR count). The van der Waals surface area contributed by atoms with Crippen molar-refractivity contribution in [3.8, 4) is 39.1 Å². The highest BCUT2D eigenvalue weighted by Gasteiger charge is 2.42. The Morgan fingerprint density at radius 2 is 1.17 bits per heavy atom. The number of benzene rings is 8. The predicted molar refractivity (Wildman–Crippen MR) is 297 cm³/mol. The van der Waals surface area contributed by atoms with Gasteiger partial charge in [0.25, 0.3) is 0 Å². The van der Waals surface area contributed by atoms with E-state index in [1.807, 2.05) is 0 Å². The summed E-state index contributed by atoms with van der Waals surface area (Å²) < 4.78 is 9.69. The van der Waals surface area contributed by atoms with Crippen LogP contribution in [0, 0.1) is 0 Å². The number of furan rings is 1. The molecule has 0 spiro atoms. The molecule has 10 aromatic rings. The maximum Gasteiger partial charge on any atom is 0.197 e. The second kappa shape index (κ2) is 13.5. The summed E-state index contributed by atoms with van der Waals surface area (Å²) in [5.41, 5.74) is 27.6. The van der Waals surface area contributed by atoms with E-state index in [-0.39, 0.29) is 27.1 Å². The average Bonchev–Trinajstić information content (AvgIpc) is 4.00. The molecular formula is C66H60BN2O. The lowest BCUT2D eigenvalue weighted by Gasteiger charge is -2.41. The zero-order valence-corrected chi connectivity index (χ0v) is 42.5. The Bertz CT molecular complexity index is 3970. The summed E-state index contributed by atoms with van der Waals surface area (Å²) in [5, 5.41) is 8.96. The van der Waals surface area contributed by atoms with Gasteiger partial charge < -0.3 is 14.3 Å².